The van der Waals surface area contributed by atoms with E-state index >= 15 is 0 Å². The van der Waals surface area contributed by atoms with E-state index in [9.17, 15) is 4.79 Å². The molecule has 1 aliphatic rings. The van der Waals surface area contributed by atoms with Crippen LogP contribution in [0.3, 0.4) is 0 Å². The Morgan fingerprint density at radius 2 is 2.15 bits per heavy atom. The van der Waals surface area contributed by atoms with Crippen molar-refractivity contribution >= 4 is 6.09 Å². The number of carbonyl (C=O) groups excluding carboxylic acids is 1. The molecule has 1 atom stereocenters. The Morgan fingerprint density at radius 1 is 1.35 bits per heavy atom. The molecule has 0 aliphatic carbocycles. The highest BCUT2D eigenvalue weighted by molar-refractivity contribution is 5.70. The van der Waals surface area contributed by atoms with Crippen LogP contribution in [0.25, 0.3) is 0 Å². The maximum atomic E-state index is 11.6. The molecule has 0 spiro atoms. The molecule has 1 aromatic rings. The van der Waals surface area contributed by atoms with E-state index in [1.165, 1.54) is 25.8 Å². The number of hydrogen-bond donors (Lipinski definition) is 1. The Bertz CT molecular complexity index is 408. The first-order chi connectivity index (χ1) is 9.75. The fraction of sp³-hybridized carbons (Fsp3) is 0.562. The van der Waals surface area contributed by atoms with Gasteiger partial charge in [-0.3, -0.25) is 0 Å². The number of hydrogen-bond acceptors (Lipinski definition) is 3. The number of likely N-dealkylation sites (tertiary alicyclic amines) is 1. The van der Waals surface area contributed by atoms with Gasteiger partial charge in [-0.2, -0.15) is 0 Å². The quantitative estimate of drug-likeness (QED) is 0.840. The number of rotatable bonds is 5. The van der Waals surface area contributed by atoms with Gasteiger partial charge in [-0.25, -0.2) is 4.79 Å². The molecule has 1 unspecified atom stereocenters. The Hall–Kier alpha value is -1.55. The van der Waals surface area contributed by atoms with Crippen molar-refractivity contribution in [2.45, 2.75) is 38.6 Å². The largest absolute Gasteiger partial charge is 0.412 e. The second-order valence-electron chi connectivity index (χ2n) is 5.36. The van der Waals surface area contributed by atoms with Crippen molar-refractivity contribution in [2.75, 3.05) is 19.6 Å². The Morgan fingerprint density at radius 3 is 2.90 bits per heavy atom. The third-order valence-electron chi connectivity index (χ3n) is 3.79. The molecular weight excluding hydrogens is 252 g/mol. The first-order valence-electron chi connectivity index (χ1n) is 7.50. The molecule has 1 aromatic carbocycles. The lowest BCUT2D eigenvalue weighted by Gasteiger charge is -2.33. The van der Waals surface area contributed by atoms with E-state index in [2.05, 4.69) is 17.1 Å². The lowest BCUT2D eigenvalue weighted by atomic mass is 10.0. The monoisotopic (exact) mass is 276 g/mol. The SMILES string of the molecule is CC1CCCCN1CCCNC(=O)Oc1ccccc1. The summed E-state index contributed by atoms with van der Waals surface area (Å²) >= 11 is 0. The van der Waals surface area contributed by atoms with Crippen molar-refractivity contribution in [2.24, 2.45) is 0 Å². The zero-order valence-electron chi connectivity index (χ0n) is 12.2. The summed E-state index contributed by atoms with van der Waals surface area (Å²) in [5.74, 6) is 0.578. The van der Waals surface area contributed by atoms with E-state index in [4.69, 9.17) is 4.74 Å². The molecule has 1 aliphatic heterocycles. The number of para-hydroxylation sites is 1. The molecule has 1 heterocycles. The molecule has 20 heavy (non-hydrogen) atoms. The van der Waals surface area contributed by atoms with Crippen LogP contribution in [0.1, 0.15) is 32.6 Å². The summed E-state index contributed by atoms with van der Waals surface area (Å²) in [6, 6.07) is 9.81. The predicted octanol–water partition coefficient (Wildman–Crippen LogP) is 3.04. The molecule has 1 amide bonds. The van der Waals surface area contributed by atoms with Gasteiger partial charge in [0.15, 0.2) is 0 Å². The van der Waals surface area contributed by atoms with E-state index in [0.717, 1.165) is 13.0 Å². The summed E-state index contributed by atoms with van der Waals surface area (Å²) in [6.45, 7) is 5.19. The lowest BCUT2D eigenvalue weighted by Crippen LogP contribution is -2.39. The minimum Gasteiger partial charge on any atom is -0.410 e. The molecule has 0 saturated carbocycles. The van der Waals surface area contributed by atoms with Gasteiger partial charge in [0.05, 0.1) is 0 Å². The van der Waals surface area contributed by atoms with E-state index in [0.29, 0.717) is 18.3 Å². The molecular formula is C16H24N2O2. The van der Waals surface area contributed by atoms with Crippen LogP contribution >= 0.6 is 0 Å². The lowest BCUT2D eigenvalue weighted by molar-refractivity contribution is 0.158. The topological polar surface area (TPSA) is 41.6 Å². The first-order valence-corrected chi connectivity index (χ1v) is 7.50. The summed E-state index contributed by atoms with van der Waals surface area (Å²) in [5.41, 5.74) is 0. The van der Waals surface area contributed by atoms with Crippen molar-refractivity contribution < 1.29 is 9.53 Å². The van der Waals surface area contributed by atoms with Gasteiger partial charge in [0, 0.05) is 19.1 Å². The van der Waals surface area contributed by atoms with Gasteiger partial charge in [-0.05, 0) is 44.9 Å². The molecule has 0 radical (unpaired) electrons. The molecule has 0 aromatic heterocycles. The number of piperidine rings is 1. The van der Waals surface area contributed by atoms with Crippen LogP contribution in [-0.4, -0.2) is 36.7 Å². The molecule has 1 fully saturated rings. The average molecular weight is 276 g/mol. The molecule has 1 saturated heterocycles. The van der Waals surface area contributed by atoms with Crippen molar-refractivity contribution in [1.82, 2.24) is 10.2 Å². The zero-order chi connectivity index (χ0) is 14.2. The Balaban J connectivity index is 1.60. The second-order valence-corrected chi connectivity index (χ2v) is 5.36. The third kappa shape index (κ3) is 4.85. The van der Waals surface area contributed by atoms with Crippen molar-refractivity contribution in [1.29, 1.82) is 0 Å². The average Bonchev–Trinajstić information content (AvgIpc) is 2.46. The van der Waals surface area contributed by atoms with Crippen LogP contribution in [0.15, 0.2) is 30.3 Å². The summed E-state index contributed by atoms with van der Waals surface area (Å²) in [7, 11) is 0. The maximum absolute atomic E-state index is 11.6. The number of nitrogens with one attached hydrogen (secondary N) is 1. The second kappa shape index (κ2) is 7.90. The molecule has 110 valence electrons. The maximum Gasteiger partial charge on any atom is 0.412 e. The number of ether oxygens (including phenoxy) is 1. The van der Waals surface area contributed by atoms with Crippen molar-refractivity contribution in [3.63, 3.8) is 0 Å². The van der Waals surface area contributed by atoms with E-state index in [1.54, 1.807) is 12.1 Å². The number of carbonyl (C=O) groups is 1. The highest BCUT2D eigenvalue weighted by atomic mass is 16.5. The van der Waals surface area contributed by atoms with Crippen LogP contribution in [0.4, 0.5) is 4.79 Å². The van der Waals surface area contributed by atoms with Crippen LogP contribution in [0.5, 0.6) is 5.75 Å². The predicted molar refractivity (Wildman–Crippen MR) is 80.0 cm³/mol. The first kappa shape index (κ1) is 14.9. The summed E-state index contributed by atoms with van der Waals surface area (Å²) < 4.78 is 5.16. The van der Waals surface area contributed by atoms with Crippen molar-refractivity contribution in [3.05, 3.63) is 30.3 Å². The highest BCUT2D eigenvalue weighted by Gasteiger charge is 2.17. The van der Waals surface area contributed by atoms with Gasteiger partial charge in [-0.15, -0.1) is 0 Å². The fourth-order valence-electron chi connectivity index (χ4n) is 2.59. The summed E-state index contributed by atoms with van der Waals surface area (Å²) in [5, 5.41) is 2.80. The van der Waals surface area contributed by atoms with Gasteiger partial charge >= 0.3 is 6.09 Å². The number of amides is 1. The van der Waals surface area contributed by atoms with Crippen LogP contribution in [0.2, 0.25) is 0 Å². The Labute approximate surface area is 121 Å². The Kier molecular flexibility index (Phi) is 5.87. The molecule has 0 bridgehead atoms. The standard InChI is InChI=1S/C16H24N2O2/c1-14-8-5-6-12-18(14)13-7-11-17-16(19)20-15-9-3-2-4-10-15/h2-4,9-10,14H,5-8,11-13H2,1H3,(H,17,19). The van der Waals surface area contributed by atoms with Gasteiger partial charge < -0.3 is 15.0 Å². The molecule has 4 heteroatoms. The molecule has 2 rings (SSSR count). The smallest absolute Gasteiger partial charge is 0.410 e. The van der Waals surface area contributed by atoms with Crippen LogP contribution in [-0.2, 0) is 0 Å². The van der Waals surface area contributed by atoms with Crippen LogP contribution < -0.4 is 10.1 Å². The summed E-state index contributed by atoms with van der Waals surface area (Å²) in [6.07, 6.45) is 4.54. The van der Waals surface area contributed by atoms with Gasteiger partial charge in [0.2, 0.25) is 0 Å². The highest BCUT2D eigenvalue weighted by Crippen LogP contribution is 2.16. The van der Waals surface area contributed by atoms with Crippen molar-refractivity contribution in [3.8, 4) is 5.75 Å². The van der Waals surface area contributed by atoms with Gasteiger partial charge in [0.25, 0.3) is 0 Å². The van der Waals surface area contributed by atoms with E-state index in [-0.39, 0.29) is 6.09 Å². The fourth-order valence-corrected chi connectivity index (χ4v) is 2.59. The van der Waals surface area contributed by atoms with Crippen LogP contribution in [0, 0.1) is 0 Å². The van der Waals surface area contributed by atoms with E-state index in [1.807, 2.05) is 18.2 Å². The van der Waals surface area contributed by atoms with Gasteiger partial charge in [0.1, 0.15) is 5.75 Å². The minimum atomic E-state index is -0.372. The minimum absolute atomic E-state index is 0.372. The normalized spacial score (nSPS) is 19.6. The third-order valence-corrected chi connectivity index (χ3v) is 3.79. The zero-order valence-corrected chi connectivity index (χ0v) is 12.2. The van der Waals surface area contributed by atoms with E-state index < -0.39 is 0 Å². The molecule has 1 N–H and O–H groups in total. The van der Waals surface area contributed by atoms with Gasteiger partial charge in [-0.1, -0.05) is 24.6 Å². The molecule has 4 nitrogen and oxygen atoms in total. The summed E-state index contributed by atoms with van der Waals surface area (Å²) in [4.78, 5) is 14.1. The number of benzene rings is 1. The number of nitrogens with zero attached hydrogens (tertiary/aromatic N) is 1.